The van der Waals surface area contributed by atoms with Gasteiger partial charge in [0.2, 0.25) is 5.91 Å². The van der Waals surface area contributed by atoms with E-state index in [2.05, 4.69) is 10.3 Å². The summed E-state index contributed by atoms with van der Waals surface area (Å²) in [6.07, 6.45) is -2.59. The van der Waals surface area contributed by atoms with Crippen LogP contribution in [0.25, 0.3) is 16.9 Å². The molecule has 4 rings (SSSR count). The van der Waals surface area contributed by atoms with Crippen LogP contribution < -0.4 is 10.1 Å². The number of pyridine rings is 1. The van der Waals surface area contributed by atoms with Crippen LogP contribution in [0.5, 0.6) is 5.75 Å². The lowest BCUT2D eigenvalue weighted by Crippen LogP contribution is -2.15. The van der Waals surface area contributed by atoms with E-state index >= 15 is 0 Å². The average Bonchev–Trinajstić information content (AvgIpc) is 3.10. The van der Waals surface area contributed by atoms with Gasteiger partial charge in [0.25, 0.3) is 0 Å². The highest BCUT2D eigenvalue weighted by molar-refractivity contribution is 5.95. The highest BCUT2D eigenvalue weighted by Gasteiger charge is 2.30. The Balaban J connectivity index is 1.74. The van der Waals surface area contributed by atoms with Crippen LogP contribution in [-0.2, 0) is 17.4 Å². The molecule has 0 bridgehead atoms. The van der Waals surface area contributed by atoms with E-state index in [1.54, 1.807) is 22.7 Å². The number of ether oxygens (including phenoxy) is 1. The van der Waals surface area contributed by atoms with Gasteiger partial charge in [-0.05, 0) is 23.8 Å². The number of carbonyl (C=O) groups is 1. The molecule has 0 radical (unpaired) electrons. The second-order valence-electron chi connectivity index (χ2n) is 6.89. The third-order valence-electron chi connectivity index (χ3n) is 4.78. The van der Waals surface area contributed by atoms with E-state index in [1.807, 2.05) is 30.3 Å². The van der Waals surface area contributed by atoms with Crippen LogP contribution in [0, 0.1) is 0 Å². The van der Waals surface area contributed by atoms with Crippen LogP contribution in [0.3, 0.4) is 0 Å². The molecule has 0 aliphatic rings. The summed E-state index contributed by atoms with van der Waals surface area (Å²) in [4.78, 5) is 17.1. The van der Waals surface area contributed by atoms with E-state index in [9.17, 15) is 18.0 Å². The van der Waals surface area contributed by atoms with Crippen LogP contribution in [0.2, 0.25) is 0 Å². The number of carbonyl (C=O) groups excluding carboxylic acids is 1. The number of rotatable bonds is 5. The molecule has 0 atom stereocenters. The van der Waals surface area contributed by atoms with E-state index in [1.165, 1.54) is 19.2 Å². The molecule has 1 amide bonds. The second kappa shape index (κ2) is 8.14. The predicted octanol–water partition coefficient (Wildman–Crippen LogP) is 5.21. The number of amides is 1. The molecule has 2 aromatic heterocycles. The molecule has 0 aliphatic heterocycles. The fourth-order valence-corrected chi connectivity index (χ4v) is 3.29. The maximum Gasteiger partial charge on any atom is 0.416 e. The molecule has 8 heteroatoms. The summed E-state index contributed by atoms with van der Waals surface area (Å²) in [5.74, 6) is 0.544. The van der Waals surface area contributed by atoms with Gasteiger partial charge in [-0.3, -0.25) is 9.20 Å². The predicted molar refractivity (Wildman–Crippen MR) is 111 cm³/mol. The molecule has 2 heterocycles. The van der Waals surface area contributed by atoms with Crippen molar-refractivity contribution in [2.75, 3.05) is 12.4 Å². The first-order chi connectivity index (χ1) is 14.8. The Labute approximate surface area is 176 Å². The van der Waals surface area contributed by atoms with Gasteiger partial charge in [0.05, 0.1) is 24.8 Å². The van der Waals surface area contributed by atoms with E-state index in [-0.39, 0.29) is 18.1 Å². The summed E-state index contributed by atoms with van der Waals surface area (Å²) in [5.41, 5.74) is 1.54. The molecular weight excluding hydrogens is 407 g/mol. The Hall–Kier alpha value is -3.81. The summed E-state index contributed by atoms with van der Waals surface area (Å²) in [6, 6.07) is 17.4. The van der Waals surface area contributed by atoms with Crippen molar-refractivity contribution < 1.29 is 22.7 Å². The van der Waals surface area contributed by atoms with Crippen molar-refractivity contribution in [3.63, 3.8) is 0 Å². The maximum atomic E-state index is 13.0. The number of hydrogen-bond acceptors (Lipinski definition) is 3. The molecule has 0 saturated heterocycles. The Bertz CT molecular complexity index is 1220. The van der Waals surface area contributed by atoms with Gasteiger partial charge in [0.1, 0.15) is 11.4 Å². The topological polar surface area (TPSA) is 55.6 Å². The summed E-state index contributed by atoms with van der Waals surface area (Å²) in [6.45, 7) is 0. The molecule has 0 unspecified atom stereocenters. The number of nitrogens with one attached hydrogen (secondary N) is 1. The van der Waals surface area contributed by atoms with Gasteiger partial charge in [-0.1, -0.05) is 42.5 Å². The number of aromatic nitrogens is 2. The van der Waals surface area contributed by atoms with Crippen LogP contribution >= 0.6 is 0 Å². The maximum absolute atomic E-state index is 13.0. The molecule has 0 fully saturated rings. The van der Waals surface area contributed by atoms with Crippen molar-refractivity contribution >= 4 is 17.4 Å². The smallest absolute Gasteiger partial charge is 0.416 e. The molecule has 0 aliphatic carbocycles. The average molecular weight is 425 g/mol. The van der Waals surface area contributed by atoms with Crippen molar-refractivity contribution in [1.82, 2.24) is 9.38 Å². The van der Waals surface area contributed by atoms with Crippen molar-refractivity contribution in [2.24, 2.45) is 0 Å². The van der Waals surface area contributed by atoms with Gasteiger partial charge in [-0.15, -0.1) is 0 Å². The van der Waals surface area contributed by atoms with Gasteiger partial charge >= 0.3 is 6.18 Å². The Morgan fingerprint density at radius 1 is 1.06 bits per heavy atom. The zero-order chi connectivity index (χ0) is 22.0. The number of hydrogen-bond donors (Lipinski definition) is 1. The number of fused-ring (bicyclic) bond motifs is 1. The van der Waals surface area contributed by atoms with Crippen molar-refractivity contribution in [3.8, 4) is 17.0 Å². The molecule has 0 spiro atoms. The largest absolute Gasteiger partial charge is 0.497 e. The summed E-state index contributed by atoms with van der Waals surface area (Å²) in [5, 5.41) is 2.80. The number of imidazole rings is 1. The number of anilines is 1. The second-order valence-corrected chi connectivity index (χ2v) is 6.89. The minimum Gasteiger partial charge on any atom is -0.497 e. The van der Waals surface area contributed by atoms with E-state index in [0.717, 1.165) is 17.7 Å². The Kier molecular flexibility index (Phi) is 5.37. The van der Waals surface area contributed by atoms with Crippen LogP contribution in [0.1, 0.15) is 11.1 Å². The van der Waals surface area contributed by atoms with E-state index in [0.29, 0.717) is 22.7 Å². The van der Waals surface area contributed by atoms with Gasteiger partial charge in [0, 0.05) is 17.8 Å². The van der Waals surface area contributed by atoms with Gasteiger partial charge < -0.3 is 10.1 Å². The van der Waals surface area contributed by atoms with Crippen LogP contribution in [-0.4, -0.2) is 22.4 Å². The highest BCUT2D eigenvalue weighted by Crippen LogP contribution is 2.34. The lowest BCUT2D eigenvalue weighted by Gasteiger charge is -2.10. The number of alkyl halides is 3. The van der Waals surface area contributed by atoms with E-state index in [4.69, 9.17) is 4.74 Å². The molecule has 2 aromatic carbocycles. The molecule has 158 valence electrons. The summed E-state index contributed by atoms with van der Waals surface area (Å²) < 4.78 is 45.8. The standard InChI is InChI=1S/C23H18F3N3O2/c1-31-18-11-12-29-19(14-18)27-22(28-20(30)13-15-5-3-2-4-6-15)21(29)16-7-9-17(10-8-16)23(24,25)26/h2-12,14H,13H2,1H3,(H,28,30). The summed E-state index contributed by atoms with van der Waals surface area (Å²) >= 11 is 0. The van der Waals surface area contributed by atoms with Gasteiger partial charge in [-0.25, -0.2) is 4.98 Å². The summed E-state index contributed by atoms with van der Waals surface area (Å²) in [7, 11) is 1.52. The fraction of sp³-hybridized carbons (Fsp3) is 0.130. The van der Waals surface area contributed by atoms with Crippen molar-refractivity contribution in [1.29, 1.82) is 0 Å². The molecule has 31 heavy (non-hydrogen) atoms. The number of benzene rings is 2. The monoisotopic (exact) mass is 425 g/mol. The lowest BCUT2D eigenvalue weighted by atomic mass is 10.1. The van der Waals surface area contributed by atoms with Gasteiger partial charge in [0.15, 0.2) is 5.82 Å². The first-order valence-electron chi connectivity index (χ1n) is 9.42. The van der Waals surface area contributed by atoms with E-state index < -0.39 is 11.7 Å². The number of nitrogens with zero attached hydrogens (tertiary/aromatic N) is 2. The number of halogens is 3. The Morgan fingerprint density at radius 3 is 2.42 bits per heavy atom. The first kappa shape index (κ1) is 20.5. The molecular formula is C23H18F3N3O2. The fourth-order valence-electron chi connectivity index (χ4n) is 3.29. The van der Waals surface area contributed by atoms with Crippen LogP contribution in [0.4, 0.5) is 19.0 Å². The van der Waals surface area contributed by atoms with Crippen molar-refractivity contribution in [2.45, 2.75) is 12.6 Å². The highest BCUT2D eigenvalue weighted by atomic mass is 19.4. The Morgan fingerprint density at radius 2 is 1.77 bits per heavy atom. The quantitative estimate of drug-likeness (QED) is 0.478. The number of methoxy groups -OCH3 is 1. The zero-order valence-electron chi connectivity index (χ0n) is 16.5. The molecule has 4 aromatic rings. The molecule has 5 nitrogen and oxygen atoms in total. The minimum absolute atomic E-state index is 0.143. The third-order valence-corrected chi connectivity index (χ3v) is 4.78. The third kappa shape index (κ3) is 4.37. The van der Waals surface area contributed by atoms with Crippen LogP contribution in [0.15, 0.2) is 72.9 Å². The SMILES string of the molecule is COc1ccn2c(-c3ccc(C(F)(F)F)cc3)c(NC(=O)Cc3ccccc3)nc2c1. The normalized spacial score (nSPS) is 11.5. The zero-order valence-corrected chi connectivity index (χ0v) is 16.5. The van der Waals surface area contributed by atoms with Gasteiger partial charge in [-0.2, -0.15) is 13.2 Å². The first-order valence-corrected chi connectivity index (χ1v) is 9.42. The van der Waals surface area contributed by atoms with Crippen molar-refractivity contribution in [3.05, 3.63) is 84.1 Å². The molecule has 0 saturated carbocycles. The molecule has 1 N–H and O–H groups in total. The minimum atomic E-state index is -4.43. The lowest BCUT2D eigenvalue weighted by molar-refractivity contribution is -0.137.